The molecule has 1 saturated heterocycles. The summed E-state index contributed by atoms with van der Waals surface area (Å²) >= 11 is 0. The van der Waals surface area contributed by atoms with E-state index in [0.717, 1.165) is 60.9 Å². The number of imidazole rings is 1. The van der Waals surface area contributed by atoms with Crippen LogP contribution in [0.5, 0.6) is 0 Å². The predicted molar refractivity (Wildman–Crippen MR) is 107 cm³/mol. The van der Waals surface area contributed by atoms with Crippen LogP contribution in [0.3, 0.4) is 0 Å². The van der Waals surface area contributed by atoms with E-state index >= 15 is 0 Å². The SMILES string of the molecule is c1ccc(-c2cc(NC3CCN(Cc4ncc[nH]4)CC3)c3nncn3n2)cc1. The van der Waals surface area contributed by atoms with E-state index in [1.54, 1.807) is 17.0 Å². The number of anilines is 1. The van der Waals surface area contributed by atoms with E-state index in [1.165, 1.54) is 0 Å². The number of nitrogens with one attached hydrogen (secondary N) is 2. The standard InChI is InChI=1S/C20H22N8/c1-2-4-15(5-3-1)17-12-18(20-25-23-14-28(20)26-17)24-16-6-10-27(11-7-16)13-19-21-8-9-22-19/h1-5,8-9,12,14,16,24H,6-7,10-11,13H2,(H,21,22). The fourth-order valence-corrected chi connectivity index (χ4v) is 3.73. The van der Waals surface area contributed by atoms with Gasteiger partial charge in [0.05, 0.1) is 17.9 Å². The van der Waals surface area contributed by atoms with Gasteiger partial charge in [-0.3, -0.25) is 4.90 Å². The van der Waals surface area contributed by atoms with E-state index in [4.69, 9.17) is 0 Å². The number of aromatic amines is 1. The molecular formula is C20H22N8. The van der Waals surface area contributed by atoms with Crippen LogP contribution in [-0.2, 0) is 6.54 Å². The number of benzene rings is 1. The third-order valence-corrected chi connectivity index (χ3v) is 5.21. The lowest BCUT2D eigenvalue weighted by Crippen LogP contribution is -2.39. The zero-order valence-electron chi connectivity index (χ0n) is 15.5. The summed E-state index contributed by atoms with van der Waals surface area (Å²) in [7, 11) is 0. The average molecular weight is 374 g/mol. The zero-order valence-corrected chi connectivity index (χ0v) is 15.5. The largest absolute Gasteiger partial charge is 0.379 e. The van der Waals surface area contributed by atoms with Crippen LogP contribution in [0.2, 0.25) is 0 Å². The molecule has 0 saturated carbocycles. The van der Waals surface area contributed by atoms with E-state index in [-0.39, 0.29) is 0 Å². The fraction of sp³-hybridized carbons (Fsp3) is 0.300. The van der Waals surface area contributed by atoms with Gasteiger partial charge in [0.2, 0.25) is 5.65 Å². The molecule has 1 fully saturated rings. The first-order chi connectivity index (χ1) is 13.8. The minimum Gasteiger partial charge on any atom is -0.379 e. The van der Waals surface area contributed by atoms with Gasteiger partial charge in [0.25, 0.3) is 0 Å². The molecule has 4 heterocycles. The molecule has 142 valence electrons. The Balaban J connectivity index is 1.32. The maximum atomic E-state index is 4.65. The van der Waals surface area contributed by atoms with Crippen LogP contribution < -0.4 is 5.32 Å². The summed E-state index contributed by atoms with van der Waals surface area (Å²) in [5, 5.41) is 16.6. The molecule has 5 rings (SSSR count). The number of fused-ring (bicyclic) bond motifs is 1. The molecule has 0 spiro atoms. The molecule has 28 heavy (non-hydrogen) atoms. The third-order valence-electron chi connectivity index (χ3n) is 5.21. The van der Waals surface area contributed by atoms with Crippen molar-refractivity contribution in [2.75, 3.05) is 18.4 Å². The summed E-state index contributed by atoms with van der Waals surface area (Å²) in [4.78, 5) is 9.94. The van der Waals surface area contributed by atoms with Crippen LogP contribution in [0, 0.1) is 0 Å². The molecule has 3 aromatic heterocycles. The van der Waals surface area contributed by atoms with E-state index < -0.39 is 0 Å². The molecule has 4 aromatic rings. The molecule has 0 radical (unpaired) electrons. The third kappa shape index (κ3) is 3.46. The van der Waals surface area contributed by atoms with E-state index in [1.807, 2.05) is 24.4 Å². The van der Waals surface area contributed by atoms with Gasteiger partial charge in [-0.05, 0) is 18.9 Å². The van der Waals surface area contributed by atoms with Gasteiger partial charge in [-0.2, -0.15) is 9.61 Å². The maximum absolute atomic E-state index is 4.65. The van der Waals surface area contributed by atoms with Crippen molar-refractivity contribution in [1.82, 2.24) is 34.7 Å². The van der Waals surface area contributed by atoms with Crippen molar-refractivity contribution in [3.8, 4) is 11.3 Å². The van der Waals surface area contributed by atoms with Gasteiger partial charge in [0.15, 0.2) is 0 Å². The second kappa shape index (κ2) is 7.40. The number of nitrogens with zero attached hydrogens (tertiary/aromatic N) is 6. The summed E-state index contributed by atoms with van der Waals surface area (Å²) in [6.45, 7) is 2.96. The molecule has 1 aliphatic rings. The second-order valence-electron chi connectivity index (χ2n) is 7.14. The Kier molecular flexibility index (Phi) is 4.46. The molecule has 0 atom stereocenters. The molecule has 0 aliphatic carbocycles. The first-order valence-corrected chi connectivity index (χ1v) is 9.59. The van der Waals surface area contributed by atoms with Crippen LogP contribution in [0.25, 0.3) is 16.9 Å². The Hall–Kier alpha value is -3.26. The summed E-state index contributed by atoms with van der Waals surface area (Å²) in [5.41, 5.74) is 3.73. The normalized spacial score (nSPS) is 15.9. The number of hydrogen-bond acceptors (Lipinski definition) is 6. The zero-order chi connectivity index (χ0) is 18.8. The lowest BCUT2D eigenvalue weighted by atomic mass is 10.0. The minimum atomic E-state index is 0.402. The lowest BCUT2D eigenvalue weighted by molar-refractivity contribution is 0.207. The number of H-pyrrole nitrogens is 1. The van der Waals surface area contributed by atoms with Crippen molar-refractivity contribution in [3.63, 3.8) is 0 Å². The number of hydrogen-bond donors (Lipinski definition) is 2. The predicted octanol–water partition coefficient (Wildman–Crippen LogP) is 2.59. The fourth-order valence-electron chi connectivity index (χ4n) is 3.73. The van der Waals surface area contributed by atoms with E-state index in [9.17, 15) is 0 Å². The highest BCUT2D eigenvalue weighted by Crippen LogP contribution is 2.25. The molecular weight excluding hydrogens is 352 g/mol. The summed E-state index contributed by atoms with van der Waals surface area (Å²) < 4.78 is 1.75. The molecule has 1 aromatic carbocycles. The lowest BCUT2D eigenvalue weighted by Gasteiger charge is -2.32. The van der Waals surface area contributed by atoms with Crippen LogP contribution in [0.4, 0.5) is 5.69 Å². The number of likely N-dealkylation sites (tertiary alicyclic amines) is 1. The van der Waals surface area contributed by atoms with Gasteiger partial charge in [-0.25, -0.2) is 4.98 Å². The minimum absolute atomic E-state index is 0.402. The highest BCUT2D eigenvalue weighted by molar-refractivity contribution is 5.73. The second-order valence-corrected chi connectivity index (χ2v) is 7.14. The summed E-state index contributed by atoms with van der Waals surface area (Å²) in [6.07, 6.45) is 7.48. The van der Waals surface area contributed by atoms with Crippen molar-refractivity contribution in [2.24, 2.45) is 0 Å². The van der Waals surface area contributed by atoms with Crippen LogP contribution in [0.1, 0.15) is 18.7 Å². The first-order valence-electron chi connectivity index (χ1n) is 9.59. The highest BCUT2D eigenvalue weighted by Gasteiger charge is 2.21. The summed E-state index contributed by atoms with van der Waals surface area (Å²) in [5.74, 6) is 1.03. The van der Waals surface area contributed by atoms with Gasteiger partial charge in [-0.15, -0.1) is 10.2 Å². The van der Waals surface area contributed by atoms with Crippen molar-refractivity contribution in [1.29, 1.82) is 0 Å². The smallest absolute Gasteiger partial charge is 0.200 e. The maximum Gasteiger partial charge on any atom is 0.200 e. The van der Waals surface area contributed by atoms with Gasteiger partial charge >= 0.3 is 0 Å². The molecule has 1 aliphatic heterocycles. The quantitative estimate of drug-likeness (QED) is 0.558. The van der Waals surface area contributed by atoms with Crippen molar-refractivity contribution in [2.45, 2.75) is 25.4 Å². The van der Waals surface area contributed by atoms with Crippen LogP contribution in [0.15, 0.2) is 55.1 Å². The topological polar surface area (TPSA) is 87.0 Å². The Morgan fingerprint density at radius 1 is 1.14 bits per heavy atom. The summed E-state index contributed by atoms with van der Waals surface area (Å²) in [6, 6.07) is 12.7. The van der Waals surface area contributed by atoms with Crippen LogP contribution >= 0.6 is 0 Å². The Labute approximate surface area is 162 Å². The molecule has 8 nitrogen and oxygen atoms in total. The average Bonchev–Trinajstić information content (AvgIpc) is 3.42. The molecule has 0 unspecified atom stereocenters. The van der Waals surface area contributed by atoms with Crippen molar-refractivity contribution >= 4 is 11.3 Å². The number of piperidine rings is 1. The van der Waals surface area contributed by atoms with E-state index in [0.29, 0.717) is 6.04 Å². The van der Waals surface area contributed by atoms with Gasteiger partial charge in [0, 0.05) is 37.1 Å². The highest BCUT2D eigenvalue weighted by atomic mass is 15.3. The van der Waals surface area contributed by atoms with Gasteiger partial charge in [0.1, 0.15) is 12.2 Å². The molecule has 2 N–H and O–H groups in total. The Bertz CT molecular complexity index is 1030. The van der Waals surface area contributed by atoms with Crippen LogP contribution in [-0.4, -0.2) is 53.8 Å². The Morgan fingerprint density at radius 2 is 2.00 bits per heavy atom. The number of rotatable bonds is 5. The monoisotopic (exact) mass is 374 g/mol. The molecule has 0 bridgehead atoms. The van der Waals surface area contributed by atoms with Crippen molar-refractivity contribution in [3.05, 3.63) is 60.9 Å². The number of aromatic nitrogens is 6. The Morgan fingerprint density at radius 3 is 2.79 bits per heavy atom. The first kappa shape index (κ1) is 16.9. The van der Waals surface area contributed by atoms with Crippen molar-refractivity contribution < 1.29 is 0 Å². The van der Waals surface area contributed by atoms with Gasteiger partial charge < -0.3 is 10.3 Å². The molecule has 8 heteroatoms. The van der Waals surface area contributed by atoms with Gasteiger partial charge in [-0.1, -0.05) is 30.3 Å². The van der Waals surface area contributed by atoms with E-state index in [2.05, 4.69) is 53.7 Å². The molecule has 0 amide bonds.